The Kier molecular flexibility index (Phi) is 3.57. The molecule has 2 aliphatic rings. The average Bonchev–Trinajstić information content (AvgIpc) is 3.06. The Balaban J connectivity index is 1.76. The first-order valence-electron chi connectivity index (χ1n) is 7.30. The summed E-state index contributed by atoms with van der Waals surface area (Å²) < 4.78 is 10.6. The van der Waals surface area contributed by atoms with Gasteiger partial charge in [0.05, 0.1) is 19.4 Å². The number of nitrogens with one attached hydrogen (secondary N) is 1. The van der Waals surface area contributed by atoms with Crippen LogP contribution in [0, 0.1) is 5.92 Å². The third-order valence-electron chi connectivity index (χ3n) is 4.43. The number of carbonyl (C=O) groups excluding carboxylic acids is 2. The molecule has 5 heteroatoms. The van der Waals surface area contributed by atoms with Crippen molar-refractivity contribution >= 4 is 17.6 Å². The lowest BCUT2D eigenvalue weighted by Gasteiger charge is -2.27. The Morgan fingerprint density at radius 2 is 2.14 bits per heavy atom. The normalized spacial score (nSPS) is 23.1. The molecule has 1 heterocycles. The van der Waals surface area contributed by atoms with Crippen molar-refractivity contribution in [3.05, 3.63) is 24.3 Å². The Hall–Kier alpha value is -2.04. The van der Waals surface area contributed by atoms with Crippen LogP contribution in [0.1, 0.15) is 32.1 Å². The monoisotopic (exact) mass is 289 g/mol. The summed E-state index contributed by atoms with van der Waals surface area (Å²) in [5.74, 6) is -0.112. The molecule has 1 saturated carbocycles. The summed E-state index contributed by atoms with van der Waals surface area (Å²) >= 11 is 0. The smallest absolute Gasteiger partial charge is 0.307 e. The summed E-state index contributed by atoms with van der Waals surface area (Å²) in [5, 5.41) is 2.88. The molecule has 21 heavy (non-hydrogen) atoms. The highest BCUT2D eigenvalue weighted by molar-refractivity contribution is 5.97. The highest BCUT2D eigenvalue weighted by Gasteiger charge is 2.53. The molecule has 1 N–H and O–H groups in total. The first kappa shape index (κ1) is 13.9. The van der Waals surface area contributed by atoms with E-state index in [1.165, 1.54) is 0 Å². The van der Waals surface area contributed by atoms with Gasteiger partial charge in [0, 0.05) is 11.8 Å². The number of benzene rings is 1. The van der Waals surface area contributed by atoms with Crippen LogP contribution in [0.4, 0.5) is 5.69 Å². The average molecular weight is 289 g/mol. The highest BCUT2D eigenvalue weighted by Crippen LogP contribution is 2.45. The molecule has 112 valence electrons. The van der Waals surface area contributed by atoms with Crippen molar-refractivity contribution in [1.29, 1.82) is 0 Å². The van der Waals surface area contributed by atoms with Gasteiger partial charge in [-0.05, 0) is 37.8 Å². The van der Waals surface area contributed by atoms with Crippen molar-refractivity contribution in [2.45, 2.75) is 37.7 Å². The lowest BCUT2D eigenvalue weighted by molar-refractivity contribution is -0.149. The van der Waals surface area contributed by atoms with E-state index in [-0.39, 0.29) is 18.3 Å². The molecule has 1 amide bonds. The van der Waals surface area contributed by atoms with Gasteiger partial charge in [0.15, 0.2) is 0 Å². The number of carbonyl (C=O) groups is 2. The van der Waals surface area contributed by atoms with Gasteiger partial charge >= 0.3 is 5.97 Å². The molecule has 5 nitrogen and oxygen atoms in total. The van der Waals surface area contributed by atoms with Gasteiger partial charge in [0.2, 0.25) is 5.91 Å². The summed E-state index contributed by atoms with van der Waals surface area (Å²) in [7, 11) is 1.58. The van der Waals surface area contributed by atoms with Gasteiger partial charge in [-0.25, -0.2) is 0 Å². The summed E-state index contributed by atoms with van der Waals surface area (Å²) in [6.07, 6.45) is 3.77. The van der Waals surface area contributed by atoms with Crippen LogP contribution in [0.5, 0.6) is 5.75 Å². The molecule has 0 bridgehead atoms. The number of esters is 1. The standard InChI is InChI=1S/C16H19NO4/c1-20-12-6-4-5-11(9-12)17-15(19)13-10-14(18)21-16(13)7-2-3-8-16/h4-6,9,13H,2-3,7-8,10H2,1H3,(H,17,19). The van der Waals surface area contributed by atoms with E-state index in [1.807, 2.05) is 12.1 Å². The maximum Gasteiger partial charge on any atom is 0.307 e. The van der Waals surface area contributed by atoms with E-state index in [2.05, 4.69) is 5.32 Å². The Labute approximate surface area is 123 Å². The van der Waals surface area contributed by atoms with E-state index < -0.39 is 11.5 Å². The third-order valence-corrected chi connectivity index (χ3v) is 4.43. The van der Waals surface area contributed by atoms with Crippen molar-refractivity contribution in [2.75, 3.05) is 12.4 Å². The molecule has 1 aromatic rings. The Bertz CT molecular complexity index is 563. The summed E-state index contributed by atoms with van der Waals surface area (Å²) in [6, 6.07) is 7.20. The van der Waals surface area contributed by atoms with Gasteiger partial charge in [-0.1, -0.05) is 6.07 Å². The zero-order valence-electron chi connectivity index (χ0n) is 12.1. The lowest BCUT2D eigenvalue weighted by Crippen LogP contribution is -2.39. The van der Waals surface area contributed by atoms with Crippen LogP contribution in [-0.2, 0) is 14.3 Å². The SMILES string of the molecule is COc1cccc(NC(=O)C2CC(=O)OC23CCCC3)c1. The topological polar surface area (TPSA) is 64.6 Å². The number of hydrogen-bond acceptors (Lipinski definition) is 4. The van der Waals surface area contributed by atoms with Gasteiger partial charge in [0.1, 0.15) is 11.4 Å². The number of rotatable bonds is 3. The number of anilines is 1. The fourth-order valence-electron chi connectivity index (χ4n) is 3.38. The van der Waals surface area contributed by atoms with Gasteiger partial charge in [-0.2, -0.15) is 0 Å². The van der Waals surface area contributed by atoms with Crippen molar-refractivity contribution in [1.82, 2.24) is 0 Å². The molecular formula is C16H19NO4. The van der Waals surface area contributed by atoms with E-state index in [4.69, 9.17) is 9.47 Å². The van der Waals surface area contributed by atoms with E-state index in [9.17, 15) is 9.59 Å². The number of methoxy groups -OCH3 is 1. The van der Waals surface area contributed by atoms with Gasteiger partial charge in [-0.15, -0.1) is 0 Å². The number of amides is 1. The van der Waals surface area contributed by atoms with Crippen LogP contribution in [-0.4, -0.2) is 24.6 Å². The second kappa shape index (κ2) is 5.39. The predicted molar refractivity (Wildman–Crippen MR) is 77.0 cm³/mol. The largest absolute Gasteiger partial charge is 0.497 e. The van der Waals surface area contributed by atoms with Crippen LogP contribution >= 0.6 is 0 Å². The molecule has 3 rings (SSSR count). The minimum absolute atomic E-state index is 0.143. The summed E-state index contributed by atoms with van der Waals surface area (Å²) in [4.78, 5) is 24.2. The molecule has 2 fully saturated rings. The van der Waals surface area contributed by atoms with Gasteiger partial charge < -0.3 is 14.8 Å². The van der Waals surface area contributed by atoms with Gasteiger partial charge in [0.25, 0.3) is 0 Å². The lowest BCUT2D eigenvalue weighted by atomic mass is 9.85. The van der Waals surface area contributed by atoms with E-state index >= 15 is 0 Å². The fourth-order valence-corrected chi connectivity index (χ4v) is 3.38. The van der Waals surface area contributed by atoms with E-state index in [1.54, 1.807) is 19.2 Å². The summed E-state index contributed by atoms with van der Waals surface area (Å²) in [5.41, 5.74) is 0.104. The highest BCUT2D eigenvalue weighted by atomic mass is 16.6. The Morgan fingerprint density at radius 1 is 1.38 bits per heavy atom. The third kappa shape index (κ3) is 2.60. The quantitative estimate of drug-likeness (QED) is 0.868. The van der Waals surface area contributed by atoms with Crippen LogP contribution in [0.3, 0.4) is 0 Å². The zero-order chi connectivity index (χ0) is 14.9. The second-order valence-corrected chi connectivity index (χ2v) is 5.72. The fraction of sp³-hybridized carbons (Fsp3) is 0.500. The minimum atomic E-state index is -0.569. The molecule has 1 aliphatic carbocycles. The van der Waals surface area contributed by atoms with Crippen molar-refractivity contribution < 1.29 is 19.1 Å². The van der Waals surface area contributed by atoms with Crippen molar-refractivity contribution in [3.63, 3.8) is 0 Å². The van der Waals surface area contributed by atoms with Crippen molar-refractivity contribution in [2.24, 2.45) is 5.92 Å². The molecular weight excluding hydrogens is 270 g/mol. The molecule has 1 saturated heterocycles. The number of ether oxygens (including phenoxy) is 2. The molecule has 1 spiro atoms. The van der Waals surface area contributed by atoms with Crippen LogP contribution in [0.15, 0.2) is 24.3 Å². The first-order chi connectivity index (χ1) is 10.1. The zero-order valence-corrected chi connectivity index (χ0v) is 12.1. The van der Waals surface area contributed by atoms with Crippen LogP contribution < -0.4 is 10.1 Å². The van der Waals surface area contributed by atoms with Crippen molar-refractivity contribution in [3.8, 4) is 5.75 Å². The molecule has 1 atom stereocenters. The summed E-state index contributed by atoms with van der Waals surface area (Å²) in [6.45, 7) is 0. The molecule has 1 unspecified atom stereocenters. The minimum Gasteiger partial charge on any atom is -0.497 e. The Morgan fingerprint density at radius 3 is 2.86 bits per heavy atom. The van der Waals surface area contributed by atoms with Crippen LogP contribution in [0.25, 0.3) is 0 Å². The molecule has 0 aromatic heterocycles. The van der Waals surface area contributed by atoms with Crippen LogP contribution in [0.2, 0.25) is 0 Å². The van der Waals surface area contributed by atoms with E-state index in [0.717, 1.165) is 25.7 Å². The molecule has 1 aromatic carbocycles. The van der Waals surface area contributed by atoms with E-state index in [0.29, 0.717) is 11.4 Å². The second-order valence-electron chi connectivity index (χ2n) is 5.72. The number of hydrogen-bond donors (Lipinski definition) is 1. The maximum atomic E-state index is 12.5. The predicted octanol–water partition coefficient (Wildman–Crippen LogP) is 2.51. The van der Waals surface area contributed by atoms with Gasteiger partial charge in [-0.3, -0.25) is 9.59 Å². The maximum absolute atomic E-state index is 12.5. The first-order valence-corrected chi connectivity index (χ1v) is 7.30. The molecule has 1 aliphatic heterocycles. The molecule has 0 radical (unpaired) electrons.